The van der Waals surface area contributed by atoms with Crippen LogP contribution in [0.15, 0.2) is 63.8 Å². The predicted octanol–water partition coefficient (Wildman–Crippen LogP) is 5.60. The molecule has 1 atom stereocenters. The van der Waals surface area contributed by atoms with E-state index >= 15 is 0 Å². The Morgan fingerprint density at radius 3 is 2.62 bits per heavy atom. The minimum atomic E-state index is -0.250. The van der Waals surface area contributed by atoms with Gasteiger partial charge in [-0.2, -0.15) is 0 Å². The highest BCUT2D eigenvalue weighted by Crippen LogP contribution is 2.29. The number of aromatic nitrogens is 2. The summed E-state index contributed by atoms with van der Waals surface area (Å²) in [7, 11) is 0. The summed E-state index contributed by atoms with van der Waals surface area (Å²) in [6.45, 7) is 1.86. The Kier molecular flexibility index (Phi) is 6.96. The van der Waals surface area contributed by atoms with Gasteiger partial charge in [-0.25, -0.2) is 0 Å². The van der Waals surface area contributed by atoms with Gasteiger partial charge >= 0.3 is 0 Å². The molecule has 0 fully saturated rings. The van der Waals surface area contributed by atoms with Crippen molar-refractivity contribution in [1.29, 1.82) is 0 Å². The van der Waals surface area contributed by atoms with E-state index in [1.165, 1.54) is 28.7 Å². The number of rotatable bonds is 7. The van der Waals surface area contributed by atoms with Gasteiger partial charge in [0.1, 0.15) is 0 Å². The highest BCUT2D eigenvalue weighted by molar-refractivity contribution is 8.00. The molecule has 26 heavy (non-hydrogen) atoms. The number of nitrogens with one attached hydrogen (secondary N) is 1. The molecule has 4 nitrogen and oxygen atoms in total. The van der Waals surface area contributed by atoms with Gasteiger partial charge in [-0.3, -0.25) is 10.1 Å². The standard InChI is InChI=1S/C18H16ClN3OS3/c1-12(25-15-9-7-14(19)8-10-15)16(23)20-17-21-22-18(26-17)24-11-13-5-3-2-4-6-13/h2-10,12H,11H2,1H3,(H,20,21,23)/t12-/m0/s1. The number of thioether (sulfide) groups is 2. The predicted molar refractivity (Wildman–Crippen MR) is 111 cm³/mol. The third-order valence-corrected chi connectivity index (χ3v) is 6.74. The molecule has 3 aromatic rings. The monoisotopic (exact) mass is 421 g/mol. The summed E-state index contributed by atoms with van der Waals surface area (Å²) in [6, 6.07) is 17.6. The fraction of sp³-hybridized carbons (Fsp3) is 0.167. The molecule has 0 aliphatic heterocycles. The maximum Gasteiger partial charge on any atom is 0.239 e. The first-order valence-corrected chi connectivity index (χ1v) is 10.9. The van der Waals surface area contributed by atoms with Crippen molar-refractivity contribution in [2.24, 2.45) is 0 Å². The maximum atomic E-state index is 12.3. The van der Waals surface area contributed by atoms with Crippen LogP contribution < -0.4 is 5.32 Å². The number of nitrogens with zero attached hydrogens (tertiary/aromatic N) is 2. The van der Waals surface area contributed by atoms with E-state index in [9.17, 15) is 4.79 Å². The number of halogens is 1. The second kappa shape index (κ2) is 9.41. The number of carbonyl (C=O) groups is 1. The Hall–Kier alpha value is -1.54. The zero-order chi connectivity index (χ0) is 18.4. The molecule has 3 rings (SSSR count). The summed E-state index contributed by atoms with van der Waals surface area (Å²) in [5.41, 5.74) is 1.23. The summed E-state index contributed by atoms with van der Waals surface area (Å²) in [5.74, 6) is 0.729. The first kappa shape index (κ1) is 19.2. The van der Waals surface area contributed by atoms with Gasteiger partial charge in [0.15, 0.2) is 4.34 Å². The van der Waals surface area contributed by atoms with Crippen LogP contribution in [0.1, 0.15) is 12.5 Å². The first-order valence-electron chi connectivity index (χ1n) is 7.83. The Labute approximate surface area is 169 Å². The Morgan fingerprint density at radius 2 is 1.88 bits per heavy atom. The van der Waals surface area contributed by atoms with Crippen molar-refractivity contribution in [3.05, 3.63) is 65.2 Å². The van der Waals surface area contributed by atoms with E-state index in [0.29, 0.717) is 10.2 Å². The average Bonchev–Trinajstić information content (AvgIpc) is 3.10. The van der Waals surface area contributed by atoms with Crippen LogP contribution in [0.3, 0.4) is 0 Å². The molecule has 0 aliphatic rings. The van der Waals surface area contributed by atoms with Crippen LogP contribution in [-0.2, 0) is 10.5 Å². The Balaban J connectivity index is 1.51. The minimum absolute atomic E-state index is 0.0966. The van der Waals surface area contributed by atoms with Crippen molar-refractivity contribution >= 4 is 57.5 Å². The quantitative estimate of drug-likeness (QED) is 0.397. The van der Waals surface area contributed by atoms with Gasteiger partial charge in [-0.15, -0.1) is 22.0 Å². The van der Waals surface area contributed by atoms with Crippen molar-refractivity contribution in [2.45, 2.75) is 27.2 Å². The van der Waals surface area contributed by atoms with E-state index in [-0.39, 0.29) is 11.2 Å². The Morgan fingerprint density at radius 1 is 1.15 bits per heavy atom. The molecule has 0 unspecified atom stereocenters. The van der Waals surface area contributed by atoms with Gasteiger partial charge in [0, 0.05) is 15.7 Å². The van der Waals surface area contributed by atoms with Crippen LogP contribution in [-0.4, -0.2) is 21.4 Å². The van der Waals surface area contributed by atoms with Crippen molar-refractivity contribution in [1.82, 2.24) is 10.2 Å². The van der Waals surface area contributed by atoms with Crippen LogP contribution in [0.25, 0.3) is 0 Å². The van der Waals surface area contributed by atoms with Gasteiger partial charge in [0.25, 0.3) is 0 Å². The van der Waals surface area contributed by atoms with E-state index in [1.54, 1.807) is 11.8 Å². The molecule has 1 amide bonds. The molecule has 0 spiro atoms. The van der Waals surface area contributed by atoms with Gasteiger partial charge in [-0.05, 0) is 36.8 Å². The number of benzene rings is 2. The largest absolute Gasteiger partial charge is 0.300 e. The molecule has 1 heterocycles. The fourth-order valence-corrected chi connectivity index (χ4v) is 4.72. The van der Waals surface area contributed by atoms with Crippen molar-refractivity contribution in [3.8, 4) is 0 Å². The lowest BCUT2D eigenvalue weighted by Crippen LogP contribution is -2.22. The molecule has 1 aromatic heterocycles. The summed E-state index contributed by atoms with van der Waals surface area (Å²) < 4.78 is 0.835. The maximum absolute atomic E-state index is 12.3. The number of amides is 1. The van der Waals surface area contributed by atoms with Crippen molar-refractivity contribution in [3.63, 3.8) is 0 Å². The van der Waals surface area contributed by atoms with Crippen LogP contribution >= 0.6 is 46.5 Å². The van der Waals surface area contributed by atoms with E-state index in [0.717, 1.165) is 15.0 Å². The zero-order valence-electron chi connectivity index (χ0n) is 13.9. The molecule has 0 saturated heterocycles. The summed E-state index contributed by atoms with van der Waals surface area (Å²) >= 11 is 10.4. The van der Waals surface area contributed by atoms with Gasteiger partial charge < -0.3 is 0 Å². The molecule has 0 radical (unpaired) electrons. The second-order valence-electron chi connectivity index (χ2n) is 5.35. The number of carbonyl (C=O) groups excluding carboxylic acids is 1. The smallest absolute Gasteiger partial charge is 0.239 e. The third kappa shape index (κ3) is 5.74. The van der Waals surface area contributed by atoms with Crippen molar-refractivity contribution < 1.29 is 4.79 Å². The van der Waals surface area contributed by atoms with Crippen molar-refractivity contribution in [2.75, 3.05) is 5.32 Å². The van der Waals surface area contributed by atoms with E-state index < -0.39 is 0 Å². The summed E-state index contributed by atoms with van der Waals surface area (Å²) in [6.07, 6.45) is 0. The summed E-state index contributed by atoms with van der Waals surface area (Å²) in [4.78, 5) is 13.3. The number of hydrogen-bond donors (Lipinski definition) is 1. The molecule has 134 valence electrons. The molecule has 1 N–H and O–H groups in total. The highest BCUT2D eigenvalue weighted by atomic mass is 35.5. The molecule has 0 aliphatic carbocycles. The lowest BCUT2D eigenvalue weighted by atomic mass is 10.2. The average molecular weight is 422 g/mol. The number of anilines is 1. The topological polar surface area (TPSA) is 54.9 Å². The van der Waals surface area contributed by atoms with E-state index in [2.05, 4.69) is 27.6 Å². The summed E-state index contributed by atoms with van der Waals surface area (Å²) in [5, 5.41) is 12.0. The normalized spacial score (nSPS) is 11.9. The first-order chi connectivity index (χ1) is 12.6. The fourth-order valence-electron chi connectivity index (χ4n) is 2.02. The minimum Gasteiger partial charge on any atom is -0.300 e. The molecular weight excluding hydrogens is 406 g/mol. The molecular formula is C18H16ClN3OS3. The molecule has 2 aromatic carbocycles. The van der Waals surface area contributed by atoms with Crippen LogP contribution in [0, 0.1) is 0 Å². The molecule has 0 bridgehead atoms. The van der Waals surface area contributed by atoms with E-state index in [4.69, 9.17) is 11.6 Å². The van der Waals surface area contributed by atoms with Gasteiger partial charge in [-0.1, -0.05) is 65.0 Å². The lowest BCUT2D eigenvalue weighted by Gasteiger charge is -2.10. The SMILES string of the molecule is C[C@H](Sc1ccc(Cl)cc1)C(=O)Nc1nnc(SCc2ccccc2)s1. The van der Waals surface area contributed by atoms with Gasteiger partial charge in [0.2, 0.25) is 11.0 Å². The Bertz CT molecular complexity index is 856. The highest BCUT2D eigenvalue weighted by Gasteiger charge is 2.16. The van der Waals surface area contributed by atoms with Gasteiger partial charge in [0.05, 0.1) is 5.25 Å². The lowest BCUT2D eigenvalue weighted by molar-refractivity contribution is -0.115. The zero-order valence-corrected chi connectivity index (χ0v) is 17.1. The van der Waals surface area contributed by atoms with Crippen LogP contribution in [0.5, 0.6) is 0 Å². The van der Waals surface area contributed by atoms with Crippen LogP contribution in [0.2, 0.25) is 5.02 Å². The van der Waals surface area contributed by atoms with Crippen LogP contribution in [0.4, 0.5) is 5.13 Å². The number of hydrogen-bond acceptors (Lipinski definition) is 6. The molecule has 0 saturated carbocycles. The third-order valence-electron chi connectivity index (χ3n) is 3.34. The second-order valence-corrected chi connectivity index (χ2v) is 9.40. The molecule has 8 heteroatoms. The van der Waals surface area contributed by atoms with E-state index in [1.807, 2.05) is 49.4 Å².